The number of carbonyl (C=O) groups is 1. The number of methoxy groups -OCH3 is 1. The fourth-order valence-corrected chi connectivity index (χ4v) is 1.42. The zero-order valence-corrected chi connectivity index (χ0v) is 10.6. The van der Waals surface area contributed by atoms with Crippen molar-refractivity contribution in [1.82, 2.24) is 5.32 Å². The summed E-state index contributed by atoms with van der Waals surface area (Å²) in [6, 6.07) is 7.90. The van der Waals surface area contributed by atoms with Gasteiger partial charge < -0.3 is 15.2 Å². The van der Waals surface area contributed by atoms with Crippen molar-refractivity contribution in [3.8, 4) is 0 Å². The molecule has 0 aliphatic rings. The van der Waals surface area contributed by atoms with Crippen LogP contribution in [0.5, 0.6) is 0 Å². The number of aliphatic hydroxyl groups excluding tert-OH is 1. The molecule has 0 heterocycles. The van der Waals surface area contributed by atoms with E-state index in [1.807, 2.05) is 24.3 Å². The molecular weight excluding hydrogens is 230 g/mol. The SMILES string of the molecule is COC(=O)C=Cc1ccc(CNCCCO)cc1. The summed E-state index contributed by atoms with van der Waals surface area (Å²) < 4.78 is 4.52. The lowest BCUT2D eigenvalue weighted by molar-refractivity contribution is -0.134. The normalized spacial score (nSPS) is 10.8. The van der Waals surface area contributed by atoms with Crippen LogP contribution in [0.25, 0.3) is 6.08 Å². The monoisotopic (exact) mass is 249 g/mol. The van der Waals surface area contributed by atoms with Gasteiger partial charge in [0.1, 0.15) is 0 Å². The van der Waals surface area contributed by atoms with Gasteiger partial charge in [-0.25, -0.2) is 4.79 Å². The van der Waals surface area contributed by atoms with Crippen LogP contribution in [0.1, 0.15) is 17.5 Å². The molecule has 0 aliphatic carbocycles. The topological polar surface area (TPSA) is 58.6 Å². The van der Waals surface area contributed by atoms with Gasteiger partial charge in [-0.3, -0.25) is 0 Å². The fraction of sp³-hybridized carbons (Fsp3) is 0.357. The highest BCUT2D eigenvalue weighted by molar-refractivity contribution is 5.86. The van der Waals surface area contributed by atoms with Crippen LogP contribution in [0.15, 0.2) is 30.3 Å². The van der Waals surface area contributed by atoms with E-state index in [0.717, 1.165) is 25.1 Å². The molecule has 0 atom stereocenters. The fourth-order valence-electron chi connectivity index (χ4n) is 1.42. The van der Waals surface area contributed by atoms with Crippen LogP contribution >= 0.6 is 0 Å². The van der Waals surface area contributed by atoms with Gasteiger partial charge in [-0.2, -0.15) is 0 Å². The van der Waals surface area contributed by atoms with Crippen LogP contribution in [0.3, 0.4) is 0 Å². The van der Waals surface area contributed by atoms with E-state index < -0.39 is 0 Å². The van der Waals surface area contributed by atoms with Crippen LogP contribution in [-0.2, 0) is 16.1 Å². The van der Waals surface area contributed by atoms with Gasteiger partial charge in [-0.1, -0.05) is 24.3 Å². The predicted molar refractivity (Wildman–Crippen MR) is 70.9 cm³/mol. The molecule has 0 fully saturated rings. The third-order valence-corrected chi connectivity index (χ3v) is 2.43. The average molecular weight is 249 g/mol. The zero-order chi connectivity index (χ0) is 13.2. The maximum absolute atomic E-state index is 10.9. The number of hydrogen-bond acceptors (Lipinski definition) is 4. The van der Waals surface area contributed by atoms with Gasteiger partial charge in [0.2, 0.25) is 0 Å². The van der Waals surface area contributed by atoms with Gasteiger partial charge in [0.25, 0.3) is 0 Å². The minimum Gasteiger partial charge on any atom is -0.466 e. The maximum atomic E-state index is 10.9. The molecule has 0 radical (unpaired) electrons. The van der Waals surface area contributed by atoms with Crippen LogP contribution in [0.4, 0.5) is 0 Å². The number of nitrogens with one attached hydrogen (secondary N) is 1. The Morgan fingerprint density at radius 2 is 2.11 bits per heavy atom. The predicted octanol–water partition coefficient (Wildman–Crippen LogP) is 1.34. The number of rotatable bonds is 7. The van der Waals surface area contributed by atoms with Crippen LogP contribution in [0.2, 0.25) is 0 Å². The van der Waals surface area contributed by atoms with E-state index in [-0.39, 0.29) is 12.6 Å². The molecular formula is C14H19NO3. The molecule has 0 amide bonds. The van der Waals surface area contributed by atoms with Gasteiger partial charge in [-0.15, -0.1) is 0 Å². The summed E-state index contributed by atoms with van der Waals surface area (Å²) in [5.74, 6) is -0.357. The Bertz CT molecular complexity index is 385. The number of ether oxygens (including phenoxy) is 1. The third kappa shape index (κ3) is 5.61. The Balaban J connectivity index is 2.42. The Kier molecular flexibility index (Phi) is 6.76. The summed E-state index contributed by atoms with van der Waals surface area (Å²) in [5, 5.41) is 11.9. The molecule has 0 spiro atoms. The molecule has 0 aromatic heterocycles. The van der Waals surface area contributed by atoms with Gasteiger partial charge >= 0.3 is 5.97 Å². The molecule has 0 aliphatic heterocycles. The number of aliphatic hydroxyl groups is 1. The number of esters is 1. The Labute approximate surface area is 107 Å². The standard InChI is InChI=1S/C14H19NO3/c1-18-14(17)8-7-12-3-5-13(6-4-12)11-15-9-2-10-16/h3-8,15-16H,2,9-11H2,1H3. The van der Waals surface area contributed by atoms with E-state index in [0.29, 0.717) is 0 Å². The van der Waals surface area contributed by atoms with Gasteiger partial charge in [-0.05, 0) is 30.2 Å². The summed E-state index contributed by atoms with van der Waals surface area (Å²) in [5.41, 5.74) is 2.13. The van der Waals surface area contributed by atoms with E-state index in [9.17, 15) is 4.79 Å². The molecule has 4 heteroatoms. The van der Waals surface area contributed by atoms with E-state index >= 15 is 0 Å². The molecule has 1 aromatic carbocycles. The molecule has 4 nitrogen and oxygen atoms in total. The number of hydrogen-bond donors (Lipinski definition) is 2. The van der Waals surface area contributed by atoms with Gasteiger partial charge in [0.15, 0.2) is 0 Å². The van der Waals surface area contributed by atoms with Crippen molar-refractivity contribution in [3.63, 3.8) is 0 Å². The summed E-state index contributed by atoms with van der Waals surface area (Å²) in [6.07, 6.45) is 3.88. The first kappa shape index (κ1) is 14.4. The lowest BCUT2D eigenvalue weighted by Gasteiger charge is -2.04. The van der Waals surface area contributed by atoms with Crippen LogP contribution in [-0.4, -0.2) is 31.3 Å². The van der Waals surface area contributed by atoms with Gasteiger partial charge in [0, 0.05) is 19.2 Å². The molecule has 0 bridgehead atoms. The van der Waals surface area contributed by atoms with Crippen LogP contribution < -0.4 is 5.32 Å². The van der Waals surface area contributed by atoms with Crippen molar-refractivity contribution in [1.29, 1.82) is 0 Å². The number of carbonyl (C=O) groups excluding carboxylic acids is 1. The van der Waals surface area contributed by atoms with E-state index in [4.69, 9.17) is 5.11 Å². The average Bonchev–Trinajstić information content (AvgIpc) is 2.42. The highest BCUT2D eigenvalue weighted by Gasteiger charge is 1.94. The van der Waals surface area contributed by atoms with Gasteiger partial charge in [0.05, 0.1) is 7.11 Å². The molecule has 0 saturated heterocycles. The summed E-state index contributed by atoms with van der Waals surface area (Å²) >= 11 is 0. The molecule has 1 aromatic rings. The second kappa shape index (κ2) is 8.44. The molecule has 18 heavy (non-hydrogen) atoms. The summed E-state index contributed by atoms with van der Waals surface area (Å²) in [7, 11) is 1.35. The van der Waals surface area contributed by atoms with Crippen molar-refractivity contribution in [3.05, 3.63) is 41.5 Å². The first-order chi connectivity index (χ1) is 8.76. The number of benzene rings is 1. The molecule has 0 unspecified atom stereocenters. The Morgan fingerprint density at radius 3 is 2.72 bits per heavy atom. The molecule has 0 saturated carbocycles. The van der Waals surface area contributed by atoms with Crippen molar-refractivity contribution < 1.29 is 14.6 Å². The van der Waals surface area contributed by atoms with Crippen LogP contribution in [0, 0.1) is 0 Å². The Hall–Kier alpha value is -1.65. The zero-order valence-electron chi connectivity index (χ0n) is 10.6. The van der Waals surface area contributed by atoms with Crippen molar-refractivity contribution in [2.24, 2.45) is 0 Å². The van der Waals surface area contributed by atoms with E-state index in [1.54, 1.807) is 6.08 Å². The minimum absolute atomic E-state index is 0.213. The minimum atomic E-state index is -0.357. The molecule has 1 rings (SSSR count). The van der Waals surface area contributed by atoms with E-state index in [2.05, 4.69) is 10.1 Å². The van der Waals surface area contributed by atoms with Crippen molar-refractivity contribution in [2.45, 2.75) is 13.0 Å². The first-order valence-corrected chi connectivity index (χ1v) is 5.93. The first-order valence-electron chi connectivity index (χ1n) is 5.93. The van der Waals surface area contributed by atoms with Crippen molar-refractivity contribution in [2.75, 3.05) is 20.3 Å². The smallest absolute Gasteiger partial charge is 0.330 e. The highest BCUT2D eigenvalue weighted by Crippen LogP contribution is 2.06. The highest BCUT2D eigenvalue weighted by atomic mass is 16.5. The van der Waals surface area contributed by atoms with Crippen molar-refractivity contribution >= 4 is 12.0 Å². The quantitative estimate of drug-likeness (QED) is 0.435. The largest absolute Gasteiger partial charge is 0.466 e. The second-order valence-corrected chi connectivity index (χ2v) is 3.85. The molecule has 98 valence electrons. The second-order valence-electron chi connectivity index (χ2n) is 3.85. The summed E-state index contributed by atoms with van der Waals surface area (Å²) in [6.45, 7) is 1.80. The maximum Gasteiger partial charge on any atom is 0.330 e. The summed E-state index contributed by atoms with van der Waals surface area (Å²) in [4.78, 5) is 10.9. The lowest BCUT2D eigenvalue weighted by atomic mass is 10.1. The van der Waals surface area contributed by atoms with E-state index in [1.165, 1.54) is 18.7 Å². The third-order valence-electron chi connectivity index (χ3n) is 2.43. The molecule has 2 N–H and O–H groups in total. The lowest BCUT2D eigenvalue weighted by Crippen LogP contribution is -2.15. The Morgan fingerprint density at radius 1 is 1.39 bits per heavy atom.